The average molecular weight is 445 g/mol. The summed E-state index contributed by atoms with van der Waals surface area (Å²) in [6, 6.07) is 11.9. The number of ether oxygens (including phenoxy) is 2. The molecule has 2 aromatic carbocycles. The average Bonchev–Trinajstić information content (AvgIpc) is 2.79. The maximum atomic E-state index is 13.3. The molecule has 0 bridgehead atoms. The van der Waals surface area contributed by atoms with Crippen molar-refractivity contribution in [1.82, 2.24) is 4.90 Å². The fourth-order valence-electron chi connectivity index (χ4n) is 4.05. The van der Waals surface area contributed by atoms with Gasteiger partial charge >= 0.3 is 0 Å². The lowest BCUT2D eigenvalue weighted by molar-refractivity contribution is -0.142. The second-order valence-corrected chi connectivity index (χ2v) is 9.78. The minimum Gasteiger partial charge on any atom is -0.485 e. The van der Waals surface area contributed by atoms with Crippen LogP contribution in [0.4, 0.5) is 5.69 Å². The van der Waals surface area contributed by atoms with Gasteiger partial charge in [-0.25, -0.2) is 8.42 Å². The minimum atomic E-state index is -3.78. The van der Waals surface area contributed by atoms with Gasteiger partial charge in [-0.2, -0.15) is 0 Å². The quantitative estimate of drug-likeness (QED) is 0.707. The van der Waals surface area contributed by atoms with E-state index in [0.29, 0.717) is 23.7 Å². The lowest BCUT2D eigenvalue weighted by Gasteiger charge is -2.33. The molecule has 1 fully saturated rings. The summed E-state index contributed by atoms with van der Waals surface area (Å²) in [7, 11) is -3.78. The molecule has 2 heterocycles. The molecule has 166 valence electrons. The number of piperidine rings is 1. The second kappa shape index (κ2) is 8.78. The molecule has 31 heavy (non-hydrogen) atoms. The number of aryl methyl sites for hydroxylation is 1. The molecule has 1 amide bonds. The molecular formula is C23H28N2O5S. The van der Waals surface area contributed by atoms with Gasteiger partial charge in [-0.15, -0.1) is 0 Å². The van der Waals surface area contributed by atoms with Gasteiger partial charge in [0.15, 0.2) is 11.5 Å². The predicted octanol–water partition coefficient (Wildman–Crippen LogP) is 3.36. The molecule has 0 saturated carbocycles. The molecule has 4 rings (SSSR count). The Balaban J connectivity index is 1.55. The highest BCUT2D eigenvalue weighted by Crippen LogP contribution is 2.36. The number of likely N-dealkylation sites (tertiary alicyclic amines) is 1. The number of hydrogen-bond acceptors (Lipinski definition) is 5. The van der Waals surface area contributed by atoms with Crippen molar-refractivity contribution in [2.24, 2.45) is 0 Å². The van der Waals surface area contributed by atoms with Gasteiger partial charge in [0, 0.05) is 25.7 Å². The van der Waals surface area contributed by atoms with Crippen molar-refractivity contribution < 1.29 is 22.7 Å². The fraction of sp³-hybridized carbons (Fsp3) is 0.435. The fourth-order valence-corrected chi connectivity index (χ4v) is 5.53. The molecule has 0 spiro atoms. The molecule has 1 atom stereocenters. The zero-order valence-corrected chi connectivity index (χ0v) is 18.7. The van der Waals surface area contributed by atoms with Gasteiger partial charge in [0.05, 0.1) is 10.6 Å². The third kappa shape index (κ3) is 4.35. The van der Waals surface area contributed by atoms with Gasteiger partial charge < -0.3 is 14.4 Å². The number of amides is 1. The Bertz CT molecular complexity index is 1060. The van der Waals surface area contributed by atoms with Crippen LogP contribution >= 0.6 is 0 Å². The normalized spacial score (nSPS) is 18.5. The molecule has 1 unspecified atom stereocenters. The van der Waals surface area contributed by atoms with Crippen molar-refractivity contribution in [1.29, 1.82) is 0 Å². The number of carbonyl (C=O) groups excluding carboxylic acids is 1. The SMILES string of the molecule is CCN(c1cccc(C)c1)S(=O)(=O)c1ccc2c(c1)OCC(C(=O)N1CCCCC1)O2. The van der Waals surface area contributed by atoms with Crippen LogP contribution in [0.5, 0.6) is 11.5 Å². The molecule has 2 aliphatic rings. The largest absolute Gasteiger partial charge is 0.485 e. The summed E-state index contributed by atoms with van der Waals surface area (Å²) in [5, 5.41) is 0. The molecule has 8 heteroatoms. The highest BCUT2D eigenvalue weighted by Gasteiger charge is 2.33. The van der Waals surface area contributed by atoms with E-state index in [0.717, 1.165) is 37.9 Å². The highest BCUT2D eigenvalue weighted by molar-refractivity contribution is 7.92. The summed E-state index contributed by atoms with van der Waals surface area (Å²) >= 11 is 0. The summed E-state index contributed by atoms with van der Waals surface area (Å²) < 4.78 is 39.6. The number of hydrogen-bond donors (Lipinski definition) is 0. The first-order chi connectivity index (χ1) is 14.9. The number of fused-ring (bicyclic) bond motifs is 1. The number of sulfonamides is 1. The summed E-state index contributed by atoms with van der Waals surface area (Å²) in [5.41, 5.74) is 1.60. The van der Waals surface area contributed by atoms with Crippen molar-refractivity contribution in [3.8, 4) is 11.5 Å². The minimum absolute atomic E-state index is 0.0706. The monoisotopic (exact) mass is 444 g/mol. The summed E-state index contributed by atoms with van der Waals surface area (Å²) in [6.45, 7) is 5.58. The van der Waals surface area contributed by atoms with Crippen molar-refractivity contribution in [2.45, 2.75) is 44.1 Å². The van der Waals surface area contributed by atoms with E-state index in [9.17, 15) is 13.2 Å². The van der Waals surface area contributed by atoms with E-state index in [4.69, 9.17) is 9.47 Å². The Morgan fingerprint density at radius 1 is 1.10 bits per heavy atom. The molecular weight excluding hydrogens is 416 g/mol. The zero-order valence-electron chi connectivity index (χ0n) is 17.9. The van der Waals surface area contributed by atoms with Crippen LogP contribution in [0, 0.1) is 6.92 Å². The van der Waals surface area contributed by atoms with Gasteiger partial charge in [0.1, 0.15) is 6.61 Å². The van der Waals surface area contributed by atoms with E-state index in [1.54, 1.807) is 19.1 Å². The Morgan fingerprint density at radius 2 is 1.87 bits per heavy atom. The number of benzene rings is 2. The maximum absolute atomic E-state index is 13.3. The van der Waals surface area contributed by atoms with E-state index >= 15 is 0 Å². The van der Waals surface area contributed by atoms with E-state index in [-0.39, 0.29) is 17.4 Å². The van der Waals surface area contributed by atoms with E-state index < -0.39 is 16.1 Å². The second-order valence-electron chi connectivity index (χ2n) is 7.92. The first-order valence-corrected chi connectivity index (χ1v) is 12.2. The van der Waals surface area contributed by atoms with Gasteiger partial charge in [-0.05, 0) is 62.9 Å². The molecule has 0 N–H and O–H groups in total. The Morgan fingerprint density at radius 3 is 2.58 bits per heavy atom. The van der Waals surface area contributed by atoms with Crippen LogP contribution in [-0.4, -0.2) is 51.6 Å². The first kappa shape index (κ1) is 21.5. The van der Waals surface area contributed by atoms with Gasteiger partial charge in [0.2, 0.25) is 6.10 Å². The molecule has 1 saturated heterocycles. The predicted molar refractivity (Wildman–Crippen MR) is 118 cm³/mol. The van der Waals surface area contributed by atoms with Crippen molar-refractivity contribution in [2.75, 3.05) is 30.5 Å². The Kier molecular flexibility index (Phi) is 6.09. The number of carbonyl (C=O) groups is 1. The van der Waals surface area contributed by atoms with Crippen LogP contribution in [0.25, 0.3) is 0 Å². The number of nitrogens with zero attached hydrogens (tertiary/aromatic N) is 2. The third-order valence-electron chi connectivity index (χ3n) is 5.68. The lowest BCUT2D eigenvalue weighted by Crippen LogP contribution is -2.48. The highest BCUT2D eigenvalue weighted by atomic mass is 32.2. The molecule has 0 aliphatic carbocycles. The molecule has 0 radical (unpaired) electrons. The standard InChI is InChI=1S/C23H28N2O5S/c1-3-25(18-9-7-8-17(2)14-18)31(27,28)19-10-11-20-21(15-19)29-16-22(30-20)23(26)24-12-5-4-6-13-24/h7-11,14-15,22H,3-6,12-13,16H2,1-2H3. The van der Waals surface area contributed by atoms with Crippen LogP contribution in [0.2, 0.25) is 0 Å². The first-order valence-electron chi connectivity index (χ1n) is 10.7. The van der Waals surface area contributed by atoms with Gasteiger partial charge in [0.25, 0.3) is 15.9 Å². The maximum Gasteiger partial charge on any atom is 0.267 e. The van der Waals surface area contributed by atoms with Crippen LogP contribution in [0.15, 0.2) is 47.4 Å². The van der Waals surface area contributed by atoms with Crippen LogP contribution in [0.3, 0.4) is 0 Å². The van der Waals surface area contributed by atoms with E-state index in [1.807, 2.05) is 30.0 Å². The topological polar surface area (TPSA) is 76.2 Å². The third-order valence-corrected chi connectivity index (χ3v) is 7.58. The molecule has 2 aromatic rings. The zero-order chi connectivity index (χ0) is 22.0. The van der Waals surface area contributed by atoms with E-state index in [1.165, 1.54) is 16.4 Å². The van der Waals surface area contributed by atoms with Crippen LogP contribution < -0.4 is 13.8 Å². The summed E-state index contributed by atoms with van der Waals surface area (Å²) in [5.74, 6) is 0.655. The molecule has 0 aromatic heterocycles. The van der Waals surface area contributed by atoms with Crippen molar-refractivity contribution in [3.63, 3.8) is 0 Å². The molecule has 2 aliphatic heterocycles. The Labute approximate surface area is 183 Å². The Hall–Kier alpha value is -2.74. The van der Waals surface area contributed by atoms with Crippen LogP contribution in [0.1, 0.15) is 31.7 Å². The van der Waals surface area contributed by atoms with Gasteiger partial charge in [-0.1, -0.05) is 12.1 Å². The summed E-state index contributed by atoms with van der Waals surface area (Å²) in [4.78, 5) is 14.7. The van der Waals surface area contributed by atoms with E-state index in [2.05, 4.69) is 0 Å². The van der Waals surface area contributed by atoms with Gasteiger partial charge in [-0.3, -0.25) is 9.10 Å². The van der Waals surface area contributed by atoms with Crippen molar-refractivity contribution in [3.05, 3.63) is 48.0 Å². The van der Waals surface area contributed by atoms with Crippen molar-refractivity contribution >= 4 is 21.6 Å². The van der Waals surface area contributed by atoms with Crippen LogP contribution in [-0.2, 0) is 14.8 Å². The summed E-state index contributed by atoms with van der Waals surface area (Å²) in [6.07, 6.45) is 2.45. The smallest absolute Gasteiger partial charge is 0.267 e. The molecule has 7 nitrogen and oxygen atoms in total. The lowest BCUT2D eigenvalue weighted by atomic mass is 10.1. The number of rotatable bonds is 5. The number of anilines is 1.